The van der Waals surface area contributed by atoms with Crippen LogP contribution in [-0.2, 0) is 5.60 Å². The quantitative estimate of drug-likeness (QED) is 0.373. The molecule has 2 heterocycles. The molecule has 0 saturated heterocycles. The van der Waals surface area contributed by atoms with E-state index in [-0.39, 0.29) is 0 Å². The molecule has 5 heteroatoms. The fraction of sp³-hybridized carbons (Fsp3) is 0.208. The van der Waals surface area contributed by atoms with Crippen LogP contribution in [0.15, 0.2) is 71.6 Å². The van der Waals surface area contributed by atoms with Gasteiger partial charge < -0.3 is 5.11 Å². The van der Waals surface area contributed by atoms with Crippen LogP contribution in [-0.4, -0.2) is 21.1 Å². The van der Waals surface area contributed by atoms with Crippen LogP contribution in [0.2, 0.25) is 0 Å². The van der Waals surface area contributed by atoms with E-state index in [9.17, 15) is 5.11 Å². The summed E-state index contributed by atoms with van der Waals surface area (Å²) in [6.07, 6.45) is 2.09. The van der Waals surface area contributed by atoms with E-state index < -0.39 is 5.60 Å². The van der Waals surface area contributed by atoms with E-state index in [1.54, 1.807) is 36.9 Å². The highest BCUT2D eigenvalue weighted by molar-refractivity contribution is 7.98. The average Bonchev–Trinajstić information content (AvgIpc) is 3.35. The summed E-state index contributed by atoms with van der Waals surface area (Å²) in [5.74, 6) is 0. The fourth-order valence-electron chi connectivity index (χ4n) is 3.23. The van der Waals surface area contributed by atoms with Crippen LogP contribution in [0.1, 0.15) is 25.1 Å². The second kappa shape index (κ2) is 7.82. The SMILES string of the molecule is CSc1ccc(-c2ccc(-c3cc(C(C)(C)O)nn3-c3ccccc3C)s2)cc1. The van der Waals surface area contributed by atoms with E-state index in [4.69, 9.17) is 5.10 Å². The van der Waals surface area contributed by atoms with Gasteiger partial charge in [-0.2, -0.15) is 5.10 Å². The molecule has 4 rings (SSSR count). The average molecular weight is 421 g/mol. The van der Waals surface area contributed by atoms with Crippen LogP contribution in [0.5, 0.6) is 0 Å². The first-order valence-corrected chi connectivity index (χ1v) is 11.5. The van der Waals surface area contributed by atoms with Crippen molar-refractivity contribution in [1.82, 2.24) is 9.78 Å². The molecule has 0 aliphatic rings. The van der Waals surface area contributed by atoms with Crippen molar-refractivity contribution in [2.75, 3.05) is 6.26 Å². The second-order valence-corrected chi connectivity index (χ2v) is 9.53. The first kappa shape index (κ1) is 20.0. The highest BCUT2D eigenvalue weighted by Gasteiger charge is 2.24. The number of rotatable bonds is 5. The lowest BCUT2D eigenvalue weighted by atomic mass is 10.1. The Kier molecular flexibility index (Phi) is 5.38. The molecule has 1 N–H and O–H groups in total. The number of aliphatic hydroxyl groups is 1. The molecule has 0 amide bonds. The monoisotopic (exact) mass is 420 g/mol. The van der Waals surface area contributed by atoms with E-state index in [2.05, 4.69) is 61.7 Å². The van der Waals surface area contributed by atoms with E-state index in [0.29, 0.717) is 5.69 Å². The number of thioether (sulfide) groups is 1. The third kappa shape index (κ3) is 4.04. The maximum Gasteiger partial charge on any atom is 0.103 e. The molecule has 0 bridgehead atoms. The Morgan fingerprint density at radius 3 is 2.31 bits per heavy atom. The molecule has 4 aromatic rings. The first-order valence-electron chi connectivity index (χ1n) is 9.50. The van der Waals surface area contributed by atoms with Crippen molar-refractivity contribution >= 4 is 23.1 Å². The Morgan fingerprint density at radius 1 is 0.966 bits per heavy atom. The molecule has 148 valence electrons. The number of para-hydroxylation sites is 1. The van der Waals surface area contributed by atoms with Gasteiger partial charge in [-0.05, 0) is 74.6 Å². The lowest BCUT2D eigenvalue weighted by Gasteiger charge is -2.13. The molecule has 0 unspecified atom stereocenters. The molecule has 29 heavy (non-hydrogen) atoms. The van der Waals surface area contributed by atoms with Crippen molar-refractivity contribution in [3.63, 3.8) is 0 Å². The minimum absolute atomic E-state index is 0.662. The van der Waals surface area contributed by atoms with Crippen LogP contribution in [0.3, 0.4) is 0 Å². The molecule has 0 aliphatic carbocycles. The Morgan fingerprint density at radius 2 is 1.66 bits per heavy atom. The summed E-state index contributed by atoms with van der Waals surface area (Å²) >= 11 is 3.49. The predicted octanol–water partition coefficient (Wildman–Crippen LogP) is 6.53. The third-order valence-electron chi connectivity index (χ3n) is 4.91. The molecule has 0 fully saturated rings. The molecule has 0 atom stereocenters. The van der Waals surface area contributed by atoms with Gasteiger partial charge in [0.05, 0.1) is 22.0 Å². The van der Waals surface area contributed by atoms with Gasteiger partial charge in [-0.25, -0.2) is 4.68 Å². The minimum Gasteiger partial charge on any atom is -0.384 e. The Balaban J connectivity index is 1.81. The van der Waals surface area contributed by atoms with Crippen molar-refractivity contribution in [2.24, 2.45) is 0 Å². The summed E-state index contributed by atoms with van der Waals surface area (Å²) in [5, 5.41) is 15.3. The zero-order chi connectivity index (χ0) is 20.6. The molecule has 2 aromatic carbocycles. The zero-order valence-corrected chi connectivity index (χ0v) is 18.6. The van der Waals surface area contributed by atoms with Crippen molar-refractivity contribution < 1.29 is 5.11 Å². The summed E-state index contributed by atoms with van der Waals surface area (Å²) in [5.41, 5.74) is 4.03. The second-order valence-electron chi connectivity index (χ2n) is 7.56. The number of benzene rings is 2. The molecular formula is C24H24N2OS2. The molecule has 0 radical (unpaired) electrons. The number of hydrogen-bond donors (Lipinski definition) is 1. The minimum atomic E-state index is -1.00. The largest absolute Gasteiger partial charge is 0.384 e. The number of aryl methyl sites for hydroxylation is 1. The topological polar surface area (TPSA) is 38.1 Å². The van der Waals surface area contributed by atoms with Crippen molar-refractivity contribution in [3.8, 4) is 26.7 Å². The number of nitrogens with zero attached hydrogens (tertiary/aromatic N) is 2. The first-order chi connectivity index (χ1) is 13.9. The molecule has 0 spiro atoms. The number of aromatic nitrogens is 2. The van der Waals surface area contributed by atoms with E-state index in [1.807, 2.05) is 22.9 Å². The van der Waals surface area contributed by atoms with Gasteiger partial charge in [0.25, 0.3) is 0 Å². The molecule has 3 nitrogen and oxygen atoms in total. The highest BCUT2D eigenvalue weighted by atomic mass is 32.2. The van der Waals surface area contributed by atoms with Gasteiger partial charge in [0.1, 0.15) is 5.60 Å². The van der Waals surface area contributed by atoms with Gasteiger partial charge in [-0.1, -0.05) is 30.3 Å². The number of hydrogen-bond acceptors (Lipinski definition) is 4. The van der Waals surface area contributed by atoms with Crippen molar-refractivity contribution in [3.05, 3.63) is 78.0 Å². The van der Waals surface area contributed by atoms with Gasteiger partial charge in [0.2, 0.25) is 0 Å². The molecular weight excluding hydrogens is 396 g/mol. The van der Waals surface area contributed by atoms with Crippen molar-refractivity contribution in [2.45, 2.75) is 31.3 Å². The number of thiophene rings is 1. The lowest BCUT2D eigenvalue weighted by molar-refractivity contribution is 0.0734. The fourth-order valence-corrected chi connectivity index (χ4v) is 4.65. The predicted molar refractivity (Wildman–Crippen MR) is 124 cm³/mol. The summed E-state index contributed by atoms with van der Waals surface area (Å²) < 4.78 is 1.95. The summed E-state index contributed by atoms with van der Waals surface area (Å²) in [4.78, 5) is 3.60. The van der Waals surface area contributed by atoms with Crippen LogP contribution in [0, 0.1) is 6.92 Å². The van der Waals surface area contributed by atoms with Crippen LogP contribution in [0.25, 0.3) is 26.7 Å². The van der Waals surface area contributed by atoms with Crippen LogP contribution in [0.4, 0.5) is 0 Å². The Hall–Kier alpha value is -2.34. The molecule has 2 aromatic heterocycles. The molecule has 0 saturated carbocycles. The summed E-state index contributed by atoms with van der Waals surface area (Å²) in [6, 6.07) is 23.1. The normalized spacial score (nSPS) is 11.8. The smallest absolute Gasteiger partial charge is 0.103 e. The van der Waals surface area contributed by atoms with Gasteiger partial charge in [-0.15, -0.1) is 23.1 Å². The maximum absolute atomic E-state index is 10.5. The van der Waals surface area contributed by atoms with Crippen LogP contribution >= 0.6 is 23.1 Å². The van der Waals surface area contributed by atoms with E-state index in [1.165, 1.54) is 15.3 Å². The molecule has 0 aliphatic heterocycles. The van der Waals surface area contributed by atoms with Gasteiger partial charge in [-0.3, -0.25) is 0 Å². The third-order valence-corrected chi connectivity index (χ3v) is 6.81. The van der Waals surface area contributed by atoms with E-state index in [0.717, 1.165) is 21.8 Å². The summed E-state index contributed by atoms with van der Waals surface area (Å²) in [6.45, 7) is 5.63. The van der Waals surface area contributed by atoms with E-state index >= 15 is 0 Å². The van der Waals surface area contributed by atoms with Gasteiger partial charge >= 0.3 is 0 Å². The Bertz CT molecular complexity index is 1130. The highest BCUT2D eigenvalue weighted by Crippen LogP contribution is 2.37. The van der Waals surface area contributed by atoms with Crippen molar-refractivity contribution in [1.29, 1.82) is 0 Å². The zero-order valence-electron chi connectivity index (χ0n) is 17.0. The lowest BCUT2D eigenvalue weighted by Crippen LogP contribution is -2.16. The Labute approximate surface area is 180 Å². The van der Waals surface area contributed by atoms with Gasteiger partial charge in [0, 0.05) is 9.77 Å². The van der Waals surface area contributed by atoms with Gasteiger partial charge in [0.15, 0.2) is 0 Å². The summed E-state index contributed by atoms with van der Waals surface area (Å²) in [7, 11) is 0. The van der Waals surface area contributed by atoms with Crippen LogP contribution < -0.4 is 0 Å². The standard InChI is InChI=1S/C24H24N2OS2/c1-16-7-5-6-8-19(16)26-20(15-23(25-26)24(2,3)27)22-14-13-21(29-22)17-9-11-18(28-4)12-10-17/h5-15,27H,1-4H3. The maximum atomic E-state index is 10.5.